The number of thiazole rings is 1. The zero-order valence-electron chi connectivity index (χ0n) is 17.3. The van der Waals surface area contributed by atoms with Crippen LogP contribution in [-0.2, 0) is 0 Å². The van der Waals surface area contributed by atoms with Crippen molar-refractivity contribution in [3.63, 3.8) is 0 Å². The van der Waals surface area contributed by atoms with Gasteiger partial charge in [0.15, 0.2) is 11.6 Å². The first-order chi connectivity index (χ1) is 16.0. The molecule has 0 radical (unpaired) electrons. The van der Waals surface area contributed by atoms with Gasteiger partial charge in [-0.15, -0.1) is 16.4 Å². The summed E-state index contributed by atoms with van der Waals surface area (Å²) in [5.74, 6) is 1.30. The maximum absolute atomic E-state index is 12.3. The molecule has 2 N–H and O–H groups in total. The quantitative estimate of drug-likeness (QED) is 0.283. The highest BCUT2D eigenvalue weighted by molar-refractivity contribution is 9.10. The van der Waals surface area contributed by atoms with Crippen LogP contribution in [0.5, 0.6) is 0 Å². The number of fused-ring (bicyclic) bond motifs is 2. The minimum Gasteiger partial charge on any atom is -0.454 e. The summed E-state index contributed by atoms with van der Waals surface area (Å²) in [6, 6.07) is 19.2. The number of para-hydroxylation sites is 1. The number of H-pyrrole nitrogens is 1. The molecular weight excluding hydrogens is 502 g/mol. The highest BCUT2D eigenvalue weighted by Crippen LogP contribution is 2.38. The largest absolute Gasteiger partial charge is 0.454 e. The highest BCUT2D eigenvalue weighted by Gasteiger charge is 2.21. The Labute approximate surface area is 199 Å². The van der Waals surface area contributed by atoms with Gasteiger partial charge in [-0.05, 0) is 43.3 Å². The van der Waals surface area contributed by atoms with E-state index < -0.39 is 0 Å². The first kappa shape index (κ1) is 20.0. The first-order valence-electron chi connectivity index (χ1n) is 10.2. The summed E-state index contributed by atoms with van der Waals surface area (Å²) < 4.78 is 8.73. The molecule has 33 heavy (non-hydrogen) atoms. The molecule has 0 atom stereocenters. The SMILES string of the molecule is Cc1cc(=O)[nH]c2c(-c3nc(-c4cc5cc(Br)ccc5o4)cs3)c(Nc3ccccc3)nn12. The zero-order valence-corrected chi connectivity index (χ0v) is 19.7. The average Bonchev–Trinajstić information content (AvgIpc) is 3.50. The molecule has 162 valence electrons. The van der Waals surface area contributed by atoms with E-state index in [4.69, 9.17) is 14.5 Å². The van der Waals surface area contributed by atoms with Gasteiger partial charge in [-0.1, -0.05) is 34.1 Å². The van der Waals surface area contributed by atoms with Gasteiger partial charge in [0, 0.05) is 32.7 Å². The monoisotopic (exact) mass is 517 g/mol. The fourth-order valence-corrected chi connectivity index (χ4v) is 5.02. The topological polar surface area (TPSA) is 88.2 Å². The molecule has 0 aliphatic rings. The zero-order chi connectivity index (χ0) is 22.5. The summed E-state index contributed by atoms with van der Waals surface area (Å²) in [6.45, 7) is 1.85. The van der Waals surface area contributed by atoms with Crippen molar-refractivity contribution in [1.82, 2.24) is 19.6 Å². The van der Waals surface area contributed by atoms with Crippen LogP contribution >= 0.6 is 27.3 Å². The lowest BCUT2D eigenvalue weighted by Crippen LogP contribution is -2.09. The molecule has 6 rings (SSSR count). The summed E-state index contributed by atoms with van der Waals surface area (Å²) in [6.07, 6.45) is 0. The van der Waals surface area contributed by atoms with Gasteiger partial charge in [-0.2, -0.15) is 0 Å². The maximum atomic E-state index is 12.3. The summed E-state index contributed by atoms with van der Waals surface area (Å²) in [7, 11) is 0. The molecule has 0 saturated carbocycles. The number of anilines is 2. The Morgan fingerprint density at radius 3 is 2.82 bits per heavy atom. The number of aryl methyl sites for hydroxylation is 1. The highest BCUT2D eigenvalue weighted by atomic mass is 79.9. The van der Waals surface area contributed by atoms with Crippen molar-refractivity contribution in [2.24, 2.45) is 0 Å². The Balaban J connectivity index is 1.51. The predicted molar refractivity (Wildman–Crippen MR) is 134 cm³/mol. The van der Waals surface area contributed by atoms with Crippen LogP contribution in [0.3, 0.4) is 0 Å². The molecule has 0 fully saturated rings. The number of rotatable bonds is 4. The van der Waals surface area contributed by atoms with E-state index >= 15 is 0 Å². The Kier molecular flexibility index (Phi) is 4.67. The summed E-state index contributed by atoms with van der Waals surface area (Å²) >= 11 is 4.97. The van der Waals surface area contributed by atoms with Crippen molar-refractivity contribution in [2.75, 3.05) is 5.32 Å². The van der Waals surface area contributed by atoms with Crippen LogP contribution < -0.4 is 10.9 Å². The third-order valence-electron chi connectivity index (χ3n) is 5.29. The molecule has 0 aliphatic heterocycles. The van der Waals surface area contributed by atoms with Crippen LogP contribution in [0.4, 0.5) is 11.5 Å². The van der Waals surface area contributed by atoms with Crippen LogP contribution in [0, 0.1) is 6.92 Å². The molecule has 4 heterocycles. The Hall–Kier alpha value is -3.69. The van der Waals surface area contributed by atoms with E-state index in [1.165, 1.54) is 17.4 Å². The molecule has 4 aromatic heterocycles. The fourth-order valence-electron chi connectivity index (χ4n) is 3.78. The maximum Gasteiger partial charge on any atom is 0.251 e. The number of nitrogens with zero attached hydrogens (tertiary/aromatic N) is 3. The number of aromatic nitrogens is 4. The second-order valence-corrected chi connectivity index (χ2v) is 9.35. The van der Waals surface area contributed by atoms with E-state index in [9.17, 15) is 4.79 Å². The lowest BCUT2D eigenvalue weighted by molar-refractivity contribution is 0.629. The predicted octanol–water partition coefficient (Wildman–Crippen LogP) is 6.37. The van der Waals surface area contributed by atoms with Gasteiger partial charge in [-0.25, -0.2) is 9.50 Å². The van der Waals surface area contributed by atoms with Crippen molar-refractivity contribution in [1.29, 1.82) is 0 Å². The van der Waals surface area contributed by atoms with Gasteiger partial charge in [0.25, 0.3) is 5.56 Å². The van der Waals surface area contributed by atoms with Crippen LogP contribution in [0.15, 0.2) is 79.7 Å². The van der Waals surface area contributed by atoms with Crippen LogP contribution in [0.1, 0.15) is 5.69 Å². The van der Waals surface area contributed by atoms with E-state index in [0.29, 0.717) is 17.2 Å². The second-order valence-electron chi connectivity index (χ2n) is 7.58. The molecule has 0 unspecified atom stereocenters. The van der Waals surface area contributed by atoms with Crippen LogP contribution in [-0.4, -0.2) is 19.6 Å². The average molecular weight is 518 g/mol. The minimum absolute atomic E-state index is 0.188. The molecule has 2 aromatic carbocycles. The molecule has 0 bridgehead atoms. The lowest BCUT2D eigenvalue weighted by atomic mass is 10.2. The van der Waals surface area contributed by atoms with Crippen molar-refractivity contribution >= 4 is 55.4 Å². The van der Waals surface area contributed by atoms with Crippen LogP contribution in [0.25, 0.3) is 38.6 Å². The van der Waals surface area contributed by atoms with Gasteiger partial charge in [-0.3, -0.25) is 4.79 Å². The van der Waals surface area contributed by atoms with E-state index in [1.807, 2.05) is 66.9 Å². The number of hydrogen-bond donors (Lipinski definition) is 2. The third kappa shape index (κ3) is 3.55. The van der Waals surface area contributed by atoms with Gasteiger partial charge >= 0.3 is 0 Å². The molecule has 0 spiro atoms. The standard InChI is InChI=1S/C24H16BrN5O2S/c1-13-9-20(31)28-23-21(22(29-30(13)23)26-16-5-3-2-4-6-16)24-27-17(12-33-24)19-11-14-10-15(25)7-8-18(14)32-19/h2-12H,1H3,(H,26,29)(H,28,31). The minimum atomic E-state index is -0.188. The molecule has 0 saturated heterocycles. The van der Waals surface area contributed by atoms with Crippen molar-refractivity contribution in [3.05, 3.63) is 86.6 Å². The molecule has 0 amide bonds. The van der Waals surface area contributed by atoms with E-state index in [1.54, 1.807) is 4.52 Å². The summed E-state index contributed by atoms with van der Waals surface area (Å²) in [5.41, 5.74) is 4.28. The van der Waals surface area contributed by atoms with E-state index in [-0.39, 0.29) is 5.56 Å². The Morgan fingerprint density at radius 2 is 1.97 bits per heavy atom. The van der Waals surface area contributed by atoms with E-state index in [0.717, 1.165) is 43.1 Å². The van der Waals surface area contributed by atoms with E-state index in [2.05, 4.69) is 26.2 Å². The Bertz CT molecular complexity index is 1700. The smallest absolute Gasteiger partial charge is 0.251 e. The third-order valence-corrected chi connectivity index (χ3v) is 6.64. The van der Waals surface area contributed by atoms with Gasteiger partial charge in [0.2, 0.25) is 0 Å². The lowest BCUT2D eigenvalue weighted by Gasteiger charge is -2.04. The number of nitrogens with one attached hydrogen (secondary N) is 2. The Morgan fingerprint density at radius 1 is 1.12 bits per heavy atom. The summed E-state index contributed by atoms with van der Waals surface area (Å²) in [5, 5.41) is 11.8. The molecule has 0 aliphatic carbocycles. The second kappa shape index (κ2) is 7.72. The number of benzene rings is 2. The van der Waals surface area contributed by atoms with Gasteiger partial charge in [0.1, 0.15) is 21.9 Å². The van der Waals surface area contributed by atoms with Crippen molar-refractivity contribution in [3.8, 4) is 22.0 Å². The summed E-state index contributed by atoms with van der Waals surface area (Å²) in [4.78, 5) is 20.0. The number of furan rings is 1. The molecular formula is C24H16BrN5O2S. The fraction of sp³-hybridized carbons (Fsp3) is 0.0417. The normalized spacial score (nSPS) is 11.5. The number of halogens is 1. The van der Waals surface area contributed by atoms with Crippen molar-refractivity contribution < 1.29 is 4.42 Å². The van der Waals surface area contributed by atoms with Gasteiger partial charge in [0.05, 0.1) is 5.56 Å². The first-order valence-corrected chi connectivity index (χ1v) is 11.8. The number of hydrogen-bond acceptors (Lipinski definition) is 6. The molecule has 7 nitrogen and oxygen atoms in total. The molecule has 9 heteroatoms. The van der Waals surface area contributed by atoms with Crippen LogP contribution in [0.2, 0.25) is 0 Å². The molecule has 6 aromatic rings. The van der Waals surface area contributed by atoms with Crippen molar-refractivity contribution in [2.45, 2.75) is 6.92 Å². The van der Waals surface area contributed by atoms with Gasteiger partial charge < -0.3 is 14.7 Å². The number of aromatic amines is 1.